The summed E-state index contributed by atoms with van der Waals surface area (Å²) in [6.07, 6.45) is 5.70. The smallest absolute Gasteiger partial charge is 0.136 e. The van der Waals surface area contributed by atoms with Crippen molar-refractivity contribution in [2.45, 2.75) is 57.7 Å². The van der Waals surface area contributed by atoms with Gasteiger partial charge in [0.15, 0.2) is 0 Å². The third-order valence-electron chi connectivity index (χ3n) is 4.65. The highest BCUT2D eigenvalue weighted by atomic mass is 32.2. The van der Waals surface area contributed by atoms with Gasteiger partial charge in [-0.2, -0.15) is 0 Å². The van der Waals surface area contributed by atoms with Crippen LogP contribution in [0.15, 0.2) is 30.5 Å². The number of hydrogen-bond acceptors (Lipinski definition) is 5. The molecule has 1 aromatic carbocycles. The van der Waals surface area contributed by atoms with Crippen LogP contribution in [0.4, 0.5) is 5.69 Å². The van der Waals surface area contributed by atoms with Crippen LogP contribution in [-0.2, 0) is 11.4 Å². The first-order valence-electron chi connectivity index (χ1n) is 9.30. The maximum atomic E-state index is 12.9. The van der Waals surface area contributed by atoms with Crippen molar-refractivity contribution in [2.75, 3.05) is 18.0 Å². The lowest BCUT2D eigenvalue weighted by molar-refractivity contribution is 0.535. The fraction of sp³-hybridized carbons (Fsp3) is 0.550. The lowest BCUT2D eigenvalue weighted by atomic mass is 10.0. The fourth-order valence-corrected chi connectivity index (χ4v) is 4.98. The number of rotatable bonds is 5. The Morgan fingerprint density at radius 2 is 1.88 bits per heavy atom. The molecular weight excluding hydrogens is 362 g/mol. The number of aromatic nitrogens is 1. The molecule has 1 saturated heterocycles. The minimum absolute atomic E-state index is 0.112. The van der Waals surface area contributed by atoms with Gasteiger partial charge < -0.3 is 9.45 Å². The first-order valence-corrected chi connectivity index (χ1v) is 11.3. The maximum absolute atomic E-state index is 12.9. The molecule has 1 N–H and O–H groups in total. The number of hydrogen-bond donors (Lipinski definition) is 1. The molecule has 0 bridgehead atoms. The van der Waals surface area contributed by atoms with Crippen molar-refractivity contribution in [3.8, 4) is 0 Å². The van der Waals surface area contributed by atoms with E-state index in [-0.39, 0.29) is 10.8 Å². The number of nitrogens with zero attached hydrogens (tertiary/aromatic N) is 2. The first-order chi connectivity index (χ1) is 12.4. The standard InChI is InChI=1S/C20H29N3OS2/c1-15-21-14-18(25-15)19(22-26(24)20(2,3)4)16-10-6-7-11-17(16)23-12-8-5-9-13-23/h6-7,10-11,14,19,22H,5,8-9,12-13H2,1-4H3. The second-order valence-corrected chi connectivity index (χ2v) is 11.1. The summed E-state index contributed by atoms with van der Waals surface area (Å²) in [6.45, 7) is 10.2. The molecule has 6 heteroatoms. The van der Waals surface area contributed by atoms with Crippen LogP contribution in [0, 0.1) is 6.92 Å². The van der Waals surface area contributed by atoms with Gasteiger partial charge in [-0.25, -0.2) is 4.98 Å². The van der Waals surface area contributed by atoms with Crippen LogP contribution < -0.4 is 9.62 Å². The van der Waals surface area contributed by atoms with Gasteiger partial charge in [0.25, 0.3) is 0 Å². The second kappa shape index (κ2) is 8.30. The molecule has 1 fully saturated rings. The van der Waals surface area contributed by atoms with Gasteiger partial charge in [-0.15, -0.1) is 16.1 Å². The van der Waals surface area contributed by atoms with Crippen molar-refractivity contribution < 1.29 is 4.55 Å². The van der Waals surface area contributed by atoms with E-state index in [0.717, 1.165) is 23.0 Å². The van der Waals surface area contributed by atoms with E-state index in [1.807, 2.05) is 33.9 Å². The molecule has 2 aromatic rings. The van der Waals surface area contributed by atoms with E-state index in [1.54, 1.807) is 11.3 Å². The van der Waals surface area contributed by atoms with E-state index in [1.165, 1.54) is 30.5 Å². The Bertz CT molecular complexity index is 720. The topological polar surface area (TPSA) is 51.2 Å². The predicted octanol–water partition coefficient (Wildman–Crippen LogP) is 4.58. The molecule has 4 nitrogen and oxygen atoms in total. The Morgan fingerprint density at radius 3 is 2.50 bits per heavy atom. The highest BCUT2D eigenvalue weighted by Crippen LogP contribution is 2.35. The lowest BCUT2D eigenvalue weighted by Crippen LogP contribution is -2.42. The second-order valence-electron chi connectivity index (χ2n) is 7.82. The predicted molar refractivity (Wildman–Crippen MR) is 112 cm³/mol. The number of para-hydroxylation sites is 1. The Hall–Kier alpha value is -1.08. The molecule has 1 aromatic heterocycles. The summed E-state index contributed by atoms with van der Waals surface area (Å²) in [7, 11) is 0. The fourth-order valence-electron chi connectivity index (χ4n) is 3.22. The van der Waals surface area contributed by atoms with Gasteiger partial charge in [-0.1, -0.05) is 18.2 Å². The van der Waals surface area contributed by atoms with Crippen LogP contribution in [0.5, 0.6) is 0 Å². The monoisotopic (exact) mass is 391 g/mol. The zero-order valence-corrected chi connectivity index (χ0v) is 17.8. The lowest BCUT2D eigenvalue weighted by Gasteiger charge is -2.33. The van der Waals surface area contributed by atoms with Crippen LogP contribution in [0.3, 0.4) is 0 Å². The summed E-state index contributed by atoms with van der Waals surface area (Å²) in [5.74, 6) is 0. The number of aryl methyl sites for hydroxylation is 1. The van der Waals surface area contributed by atoms with Crippen molar-refractivity contribution in [2.24, 2.45) is 0 Å². The normalized spacial score (nSPS) is 18.0. The number of benzene rings is 1. The molecule has 2 unspecified atom stereocenters. The van der Waals surface area contributed by atoms with E-state index in [2.05, 4.69) is 38.9 Å². The van der Waals surface area contributed by atoms with Crippen LogP contribution in [0.2, 0.25) is 0 Å². The molecule has 2 heterocycles. The molecule has 3 rings (SSSR count). The van der Waals surface area contributed by atoms with E-state index < -0.39 is 11.4 Å². The van der Waals surface area contributed by atoms with Crippen LogP contribution in [0.25, 0.3) is 0 Å². The molecule has 142 valence electrons. The summed E-state index contributed by atoms with van der Waals surface area (Å²) in [6, 6.07) is 8.42. The molecule has 0 amide bonds. The number of piperidine rings is 1. The Kier molecular flexibility index (Phi) is 6.28. The summed E-state index contributed by atoms with van der Waals surface area (Å²) >= 11 is 0.510. The van der Waals surface area contributed by atoms with E-state index in [9.17, 15) is 4.55 Å². The van der Waals surface area contributed by atoms with Gasteiger partial charge in [0.05, 0.1) is 9.88 Å². The maximum Gasteiger partial charge on any atom is 0.136 e. The zero-order valence-electron chi connectivity index (χ0n) is 16.1. The van der Waals surface area contributed by atoms with E-state index in [4.69, 9.17) is 0 Å². The quantitative estimate of drug-likeness (QED) is 0.758. The molecule has 2 atom stereocenters. The van der Waals surface area contributed by atoms with Gasteiger partial charge in [0.1, 0.15) is 10.8 Å². The largest absolute Gasteiger partial charge is 0.598 e. The molecular formula is C20H29N3OS2. The van der Waals surface area contributed by atoms with Crippen molar-refractivity contribution in [3.05, 3.63) is 45.9 Å². The SMILES string of the molecule is Cc1ncc(C(N[S+]([O-])C(C)(C)C)c2ccccc2N2CCCCC2)s1. The third kappa shape index (κ3) is 4.60. The molecule has 0 saturated carbocycles. The number of nitrogens with one attached hydrogen (secondary N) is 1. The van der Waals surface area contributed by atoms with Gasteiger partial charge in [-0.3, -0.25) is 0 Å². The molecule has 26 heavy (non-hydrogen) atoms. The Labute approximate surface area is 164 Å². The average Bonchev–Trinajstić information content (AvgIpc) is 3.05. The minimum atomic E-state index is -1.16. The first kappa shape index (κ1) is 19.7. The van der Waals surface area contributed by atoms with Gasteiger partial charge in [-0.05, 0) is 53.0 Å². The molecule has 1 aliphatic heterocycles. The van der Waals surface area contributed by atoms with Crippen molar-refractivity contribution in [1.82, 2.24) is 9.71 Å². The van der Waals surface area contributed by atoms with Crippen LogP contribution >= 0.6 is 11.3 Å². The third-order valence-corrected chi connectivity index (χ3v) is 7.19. The minimum Gasteiger partial charge on any atom is -0.598 e. The molecule has 0 aliphatic carbocycles. The Morgan fingerprint density at radius 1 is 1.19 bits per heavy atom. The van der Waals surface area contributed by atoms with Crippen molar-refractivity contribution in [3.63, 3.8) is 0 Å². The summed E-state index contributed by atoms with van der Waals surface area (Å²) in [4.78, 5) is 8.03. The van der Waals surface area contributed by atoms with Gasteiger partial charge in [0, 0.05) is 41.9 Å². The summed E-state index contributed by atoms with van der Waals surface area (Å²) in [5, 5.41) is 1.03. The van der Waals surface area contributed by atoms with Gasteiger partial charge in [0.2, 0.25) is 0 Å². The zero-order chi connectivity index (χ0) is 18.7. The Balaban J connectivity index is 1.99. The van der Waals surface area contributed by atoms with Gasteiger partial charge >= 0.3 is 0 Å². The number of thiazole rings is 1. The van der Waals surface area contributed by atoms with E-state index >= 15 is 0 Å². The van der Waals surface area contributed by atoms with Crippen LogP contribution in [-0.4, -0.2) is 27.4 Å². The molecule has 0 radical (unpaired) electrons. The molecule has 1 aliphatic rings. The summed E-state index contributed by atoms with van der Waals surface area (Å²) in [5.41, 5.74) is 2.44. The van der Waals surface area contributed by atoms with Crippen molar-refractivity contribution in [1.29, 1.82) is 0 Å². The van der Waals surface area contributed by atoms with Crippen molar-refractivity contribution >= 4 is 28.4 Å². The number of anilines is 1. The highest BCUT2D eigenvalue weighted by Gasteiger charge is 2.33. The van der Waals surface area contributed by atoms with E-state index in [0.29, 0.717) is 0 Å². The van der Waals surface area contributed by atoms with Crippen LogP contribution in [0.1, 0.15) is 61.5 Å². The highest BCUT2D eigenvalue weighted by molar-refractivity contribution is 7.90. The summed E-state index contributed by atoms with van der Waals surface area (Å²) < 4.78 is 16.0. The molecule has 0 spiro atoms. The average molecular weight is 392 g/mol.